The molecule has 1 N–H and O–H groups in total. The second-order valence-corrected chi connectivity index (χ2v) is 7.33. The van der Waals surface area contributed by atoms with E-state index in [0.29, 0.717) is 17.6 Å². The van der Waals surface area contributed by atoms with Crippen molar-refractivity contribution in [1.29, 1.82) is 0 Å². The number of ketones is 1. The predicted molar refractivity (Wildman–Crippen MR) is 73.6 cm³/mol. The summed E-state index contributed by atoms with van der Waals surface area (Å²) in [4.78, 5) is 12.8. The first kappa shape index (κ1) is 12.1. The number of Topliss-reactive ketones (excluding diaryl/α,β-unsaturated/α-hetero) is 1. The molecule has 3 fully saturated rings. The van der Waals surface area contributed by atoms with Crippen LogP contribution in [0, 0.1) is 23.7 Å². The fraction of sp³-hybridized carbons (Fsp3) is 0.824. The molecule has 0 aliphatic heterocycles. The van der Waals surface area contributed by atoms with E-state index in [1.807, 2.05) is 0 Å². The fourth-order valence-electron chi connectivity index (χ4n) is 5.39. The van der Waals surface area contributed by atoms with Gasteiger partial charge in [-0.2, -0.15) is 0 Å². The zero-order chi connectivity index (χ0) is 13.0. The molecule has 0 amide bonds. The molecule has 4 rings (SSSR count). The van der Waals surface area contributed by atoms with Gasteiger partial charge in [0.05, 0.1) is 5.60 Å². The van der Waals surface area contributed by atoms with Crippen LogP contribution in [0.25, 0.3) is 0 Å². The van der Waals surface area contributed by atoms with Crippen LogP contribution in [0.5, 0.6) is 0 Å². The van der Waals surface area contributed by atoms with Gasteiger partial charge in [-0.25, -0.2) is 0 Å². The van der Waals surface area contributed by atoms with Gasteiger partial charge in [-0.15, -0.1) is 0 Å². The van der Waals surface area contributed by atoms with Gasteiger partial charge in [-0.3, -0.25) is 4.79 Å². The Kier molecular flexibility index (Phi) is 2.67. The van der Waals surface area contributed by atoms with Gasteiger partial charge in [0, 0.05) is 11.5 Å². The van der Waals surface area contributed by atoms with Crippen molar-refractivity contribution in [2.45, 2.75) is 63.4 Å². The first-order valence-corrected chi connectivity index (χ1v) is 8.18. The van der Waals surface area contributed by atoms with E-state index in [2.05, 4.69) is 6.08 Å². The lowest BCUT2D eigenvalue weighted by atomic mass is 9.79. The Morgan fingerprint density at radius 1 is 1.05 bits per heavy atom. The summed E-state index contributed by atoms with van der Waals surface area (Å²) >= 11 is 0. The third kappa shape index (κ3) is 1.68. The molecule has 19 heavy (non-hydrogen) atoms. The number of fused-ring (bicyclic) bond motifs is 5. The number of hydrogen-bond acceptors (Lipinski definition) is 2. The van der Waals surface area contributed by atoms with Crippen molar-refractivity contribution in [3.05, 3.63) is 11.6 Å². The van der Waals surface area contributed by atoms with E-state index in [9.17, 15) is 9.90 Å². The van der Waals surface area contributed by atoms with E-state index in [4.69, 9.17) is 0 Å². The van der Waals surface area contributed by atoms with Crippen molar-refractivity contribution in [3.63, 3.8) is 0 Å². The molecule has 0 saturated heterocycles. The second kappa shape index (κ2) is 4.18. The molecule has 0 spiro atoms. The number of rotatable bonds is 1. The maximum absolute atomic E-state index is 12.8. The molecule has 2 bridgehead atoms. The largest absolute Gasteiger partial charge is 0.385 e. The summed E-state index contributed by atoms with van der Waals surface area (Å²) in [5, 5.41) is 11.0. The van der Waals surface area contributed by atoms with E-state index in [0.717, 1.165) is 37.2 Å². The highest BCUT2D eigenvalue weighted by molar-refractivity contribution is 6.02. The van der Waals surface area contributed by atoms with Crippen LogP contribution < -0.4 is 0 Å². The second-order valence-electron chi connectivity index (χ2n) is 7.33. The average molecular weight is 260 g/mol. The van der Waals surface area contributed by atoms with Gasteiger partial charge < -0.3 is 5.11 Å². The molecule has 0 heterocycles. The number of carbonyl (C=O) groups is 1. The van der Waals surface area contributed by atoms with Gasteiger partial charge in [0.25, 0.3) is 0 Å². The third-order valence-electron chi connectivity index (χ3n) is 6.34. The number of aliphatic hydroxyl groups is 1. The Labute approximate surface area is 115 Å². The fourth-order valence-corrected chi connectivity index (χ4v) is 5.39. The highest BCUT2D eigenvalue weighted by atomic mass is 16.3. The molecule has 0 aromatic rings. The van der Waals surface area contributed by atoms with Crippen molar-refractivity contribution < 1.29 is 9.90 Å². The Morgan fingerprint density at radius 2 is 1.74 bits per heavy atom. The van der Waals surface area contributed by atoms with Gasteiger partial charge in [0.15, 0.2) is 5.78 Å². The molecule has 104 valence electrons. The minimum absolute atomic E-state index is 0.251. The molecule has 2 nitrogen and oxygen atoms in total. The van der Waals surface area contributed by atoms with E-state index in [1.54, 1.807) is 0 Å². The van der Waals surface area contributed by atoms with Crippen molar-refractivity contribution >= 4 is 5.78 Å². The molecule has 0 aromatic heterocycles. The van der Waals surface area contributed by atoms with Crippen LogP contribution in [0.4, 0.5) is 0 Å². The van der Waals surface area contributed by atoms with E-state index in [1.165, 1.54) is 32.1 Å². The first-order valence-electron chi connectivity index (χ1n) is 8.18. The van der Waals surface area contributed by atoms with Crippen LogP contribution in [0.2, 0.25) is 0 Å². The Bertz CT molecular complexity index is 429. The molecule has 0 unspecified atom stereocenters. The Hall–Kier alpha value is -0.630. The number of carbonyl (C=O) groups excluding carboxylic acids is 1. The SMILES string of the molecule is O=C1C(C2(O)CCCCCC2)=C[C@@H]2[C@H]3CC[C@H](C3)[C@H]12. The molecular weight excluding hydrogens is 236 g/mol. The summed E-state index contributed by atoms with van der Waals surface area (Å²) in [7, 11) is 0. The summed E-state index contributed by atoms with van der Waals surface area (Å²) in [6, 6.07) is 0. The molecule has 3 saturated carbocycles. The first-order chi connectivity index (χ1) is 9.19. The van der Waals surface area contributed by atoms with Gasteiger partial charge in [-0.1, -0.05) is 31.8 Å². The monoisotopic (exact) mass is 260 g/mol. The van der Waals surface area contributed by atoms with Gasteiger partial charge in [0.2, 0.25) is 0 Å². The van der Waals surface area contributed by atoms with Crippen molar-refractivity contribution in [1.82, 2.24) is 0 Å². The van der Waals surface area contributed by atoms with Crippen LogP contribution in [-0.2, 0) is 4.79 Å². The van der Waals surface area contributed by atoms with Crippen LogP contribution in [-0.4, -0.2) is 16.5 Å². The summed E-state index contributed by atoms with van der Waals surface area (Å²) in [5.74, 6) is 2.42. The molecular formula is C17H24O2. The number of hydrogen-bond donors (Lipinski definition) is 1. The van der Waals surface area contributed by atoms with Crippen LogP contribution in [0.3, 0.4) is 0 Å². The topological polar surface area (TPSA) is 37.3 Å². The lowest BCUT2D eigenvalue weighted by Gasteiger charge is -2.28. The molecule has 4 atom stereocenters. The normalized spacial score (nSPS) is 44.1. The highest BCUT2D eigenvalue weighted by Gasteiger charge is 2.56. The third-order valence-corrected chi connectivity index (χ3v) is 6.34. The summed E-state index contributed by atoms with van der Waals surface area (Å²) in [6.07, 6.45) is 12.2. The van der Waals surface area contributed by atoms with Crippen molar-refractivity contribution in [3.8, 4) is 0 Å². The lowest BCUT2D eigenvalue weighted by molar-refractivity contribution is -0.122. The molecule has 4 aliphatic rings. The zero-order valence-corrected chi connectivity index (χ0v) is 11.6. The van der Waals surface area contributed by atoms with Gasteiger partial charge in [0.1, 0.15) is 0 Å². The molecule has 0 aromatic carbocycles. The summed E-state index contributed by atoms with van der Waals surface area (Å²) < 4.78 is 0. The van der Waals surface area contributed by atoms with Crippen LogP contribution >= 0.6 is 0 Å². The van der Waals surface area contributed by atoms with Crippen molar-refractivity contribution in [2.24, 2.45) is 23.7 Å². The molecule has 2 heteroatoms. The Balaban J connectivity index is 1.65. The summed E-state index contributed by atoms with van der Waals surface area (Å²) in [6.45, 7) is 0. The predicted octanol–water partition coefficient (Wildman–Crippen LogP) is 3.24. The molecule has 4 aliphatic carbocycles. The average Bonchev–Trinajstić information content (AvgIpc) is 3.03. The minimum Gasteiger partial charge on any atom is -0.385 e. The summed E-state index contributed by atoms with van der Waals surface area (Å²) in [5.41, 5.74) is 0.0400. The standard InChI is InChI=1S/C17H24O2/c18-16-14(17(19)7-3-1-2-4-8-17)10-13-11-5-6-12(9-11)15(13)16/h10-13,15,19H,1-9H2/t11-,12+,13+,15-/m0/s1. The van der Waals surface area contributed by atoms with Crippen LogP contribution in [0.1, 0.15) is 57.8 Å². The maximum atomic E-state index is 12.8. The van der Waals surface area contributed by atoms with E-state index in [-0.39, 0.29) is 5.92 Å². The van der Waals surface area contributed by atoms with Crippen molar-refractivity contribution in [2.75, 3.05) is 0 Å². The quantitative estimate of drug-likeness (QED) is 0.735. The lowest BCUT2D eigenvalue weighted by Crippen LogP contribution is -2.35. The highest BCUT2D eigenvalue weighted by Crippen LogP contribution is 2.58. The van der Waals surface area contributed by atoms with E-state index < -0.39 is 5.60 Å². The Morgan fingerprint density at radius 3 is 2.42 bits per heavy atom. The zero-order valence-electron chi connectivity index (χ0n) is 11.6. The smallest absolute Gasteiger partial charge is 0.165 e. The molecule has 0 radical (unpaired) electrons. The van der Waals surface area contributed by atoms with Gasteiger partial charge >= 0.3 is 0 Å². The number of allylic oxidation sites excluding steroid dienone is 1. The van der Waals surface area contributed by atoms with E-state index >= 15 is 0 Å². The maximum Gasteiger partial charge on any atom is 0.165 e. The van der Waals surface area contributed by atoms with Gasteiger partial charge in [-0.05, 0) is 49.9 Å². The minimum atomic E-state index is -0.780. The van der Waals surface area contributed by atoms with Crippen LogP contribution in [0.15, 0.2) is 11.6 Å².